The van der Waals surface area contributed by atoms with Crippen LogP contribution in [0.3, 0.4) is 0 Å². The van der Waals surface area contributed by atoms with E-state index >= 15 is 0 Å². The average Bonchev–Trinajstić information content (AvgIpc) is 3.14. The fourth-order valence-electron chi connectivity index (χ4n) is 4.74. The maximum Gasteiger partial charge on any atom is 0.387 e. The molecule has 0 N–H and O–H groups in total. The van der Waals surface area contributed by atoms with Crippen LogP contribution in [0.5, 0.6) is 17.2 Å². The third-order valence-electron chi connectivity index (χ3n) is 6.57. The van der Waals surface area contributed by atoms with E-state index in [9.17, 15) is 13.6 Å². The number of nitrogens with zero attached hydrogens (tertiary/aromatic N) is 1. The molecule has 6 nitrogen and oxygen atoms in total. The summed E-state index contributed by atoms with van der Waals surface area (Å²) in [5.41, 5.74) is 0.987. The number of rotatable bonds is 8. The molecule has 2 aliphatic rings. The summed E-state index contributed by atoms with van der Waals surface area (Å²) in [4.78, 5) is 14.3. The van der Waals surface area contributed by atoms with Crippen LogP contribution >= 0.6 is 11.6 Å². The predicted octanol–water partition coefficient (Wildman–Crippen LogP) is 5.98. The molecule has 0 aliphatic carbocycles. The molecule has 4 rings (SSSR count). The van der Waals surface area contributed by atoms with Crippen molar-refractivity contribution in [1.82, 2.24) is 4.90 Å². The lowest BCUT2D eigenvalue weighted by Gasteiger charge is -2.38. The first-order valence-corrected chi connectivity index (χ1v) is 12.5. The van der Waals surface area contributed by atoms with Crippen molar-refractivity contribution in [3.63, 3.8) is 0 Å². The second kappa shape index (κ2) is 10.8. The Balaban J connectivity index is 1.34. The van der Waals surface area contributed by atoms with Crippen molar-refractivity contribution in [2.75, 3.05) is 26.2 Å². The van der Waals surface area contributed by atoms with Gasteiger partial charge in [0.15, 0.2) is 0 Å². The minimum Gasteiger partial charge on any atom is -0.492 e. The molecule has 0 radical (unpaired) electrons. The van der Waals surface area contributed by atoms with Crippen LogP contribution in [0.25, 0.3) is 0 Å². The van der Waals surface area contributed by atoms with Crippen LogP contribution < -0.4 is 14.2 Å². The SMILES string of the molecule is CC(C)(C)OC(=O)CCN1CCC2(CC1)COc1cc(OCc3c(Cl)cccc3OC(F)F)ccc12. The van der Waals surface area contributed by atoms with Crippen molar-refractivity contribution in [2.24, 2.45) is 0 Å². The van der Waals surface area contributed by atoms with E-state index < -0.39 is 12.2 Å². The molecule has 0 unspecified atom stereocenters. The lowest BCUT2D eigenvalue weighted by molar-refractivity contribution is -0.155. The molecule has 9 heteroatoms. The number of esters is 1. The van der Waals surface area contributed by atoms with Crippen molar-refractivity contribution in [3.05, 3.63) is 52.5 Å². The van der Waals surface area contributed by atoms with E-state index in [4.69, 9.17) is 25.8 Å². The van der Waals surface area contributed by atoms with Crippen molar-refractivity contribution < 1.29 is 32.5 Å². The molecule has 196 valence electrons. The van der Waals surface area contributed by atoms with Crippen molar-refractivity contribution in [3.8, 4) is 17.2 Å². The number of alkyl halides is 2. The van der Waals surface area contributed by atoms with Gasteiger partial charge < -0.3 is 23.8 Å². The number of halogens is 3. The zero-order valence-corrected chi connectivity index (χ0v) is 21.6. The quantitative estimate of drug-likeness (QED) is 0.397. The van der Waals surface area contributed by atoms with E-state index in [0.29, 0.717) is 35.9 Å². The highest BCUT2D eigenvalue weighted by Gasteiger charge is 2.43. The standard InChI is InChI=1S/C27H32ClF2NO5/c1-26(2,3)36-24(32)9-12-31-13-10-27(11-14-31)17-34-23-15-18(7-8-20(23)27)33-16-19-21(28)5-4-6-22(19)35-25(29)30/h4-8,15,25H,9-14,16-17H2,1-3H3. The van der Waals surface area contributed by atoms with Gasteiger partial charge in [-0.15, -0.1) is 0 Å². The first-order valence-electron chi connectivity index (χ1n) is 12.1. The second-order valence-electron chi connectivity index (χ2n) is 10.3. The highest BCUT2D eigenvalue weighted by Crippen LogP contribution is 2.46. The first kappa shape index (κ1) is 26.5. The van der Waals surface area contributed by atoms with E-state index in [1.165, 1.54) is 6.07 Å². The third-order valence-corrected chi connectivity index (χ3v) is 6.92. The molecular formula is C27H32ClF2NO5. The van der Waals surface area contributed by atoms with Crippen LogP contribution in [-0.4, -0.2) is 49.3 Å². The summed E-state index contributed by atoms with van der Waals surface area (Å²) in [5, 5.41) is 0.294. The molecule has 0 atom stereocenters. The number of carbonyl (C=O) groups excluding carboxylic acids is 1. The number of benzene rings is 2. The lowest BCUT2D eigenvalue weighted by Crippen LogP contribution is -2.44. The van der Waals surface area contributed by atoms with Crippen LogP contribution in [0.4, 0.5) is 8.78 Å². The van der Waals surface area contributed by atoms with E-state index in [2.05, 4.69) is 9.64 Å². The summed E-state index contributed by atoms with van der Waals surface area (Å²) < 4.78 is 47.4. The molecule has 1 fully saturated rings. The van der Waals surface area contributed by atoms with Crippen molar-refractivity contribution in [2.45, 2.75) is 64.3 Å². The zero-order chi connectivity index (χ0) is 25.9. The lowest BCUT2D eigenvalue weighted by atomic mass is 9.74. The van der Waals surface area contributed by atoms with Gasteiger partial charge in [-0.05, 0) is 64.9 Å². The van der Waals surface area contributed by atoms with Gasteiger partial charge in [0.2, 0.25) is 0 Å². The number of ether oxygens (including phenoxy) is 4. The van der Waals surface area contributed by atoms with Gasteiger partial charge in [-0.2, -0.15) is 8.78 Å². The molecule has 2 heterocycles. The van der Waals surface area contributed by atoms with E-state index in [1.807, 2.05) is 39.0 Å². The summed E-state index contributed by atoms with van der Waals surface area (Å²) in [6.07, 6.45) is 2.25. The van der Waals surface area contributed by atoms with Gasteiger partial charge >= 0.3 is 12.6 Å². The Morgan fingerprint density at radius 2 is 1.94 bits per heavy atom. The van der Waals surface area contributed by atoms with E-state index in [0.717, 1.165) is 37.2 Å². The largest absolute Gasteiger partial charge is 0.492 e. The Morgan fingerprint density at radius 1 is 1.19 bits per heavy atom. The minimum absolute atomic E-state index is 0.00714. The summed E-state index contributed by atoms with van der Waals surface area (Å²) in [5.74, 6) is 1.16. The summed E-state index contributed by atoms with van der Waals surface area (Å²) in [7, 11) is 0. The molecule has 36 heavy (non-hydrogen) atoms. The van der Waals surface area contributed by atoms with Gasteiger partial charge in [0, 0.05) is 23.6 Å². The number of carbonyl (C=O) groups is 1. The fraction of sp³-hybridized carbons (Fsp3) is 0.519. The fourth-order valence-corrected chi connectivity index (χ4v) is 4.97. The van der Waals surface area contributed by atoms with Gasteiger partial charge in [0.05, 0.1) is 23.6 Å². The summed E-state index contributed by atoms with van der Waals surface area (Å²) in [6.45, 7) is 5.70. The number of hydrogen-bond acceptors (Lipinski definition) is 6. The maximum atomic E-state index is 12.7. The van der Waals surface area contributed by atoms with Gasteiger partial charge in [-0.25, -0.2) is 0 Å². The van der Waals surface area contributed by atoms with E-state index in [-0.39, 0.29) is 23.7 Å². The van der Waals surface area contributed by atoms with Crippen LogP contribution in [-0.2, 0) is 21.6 Å². The molecule has 2 aliphatic heterocycles. The van der Waals surface area contributed by atoms with Gasteiger partial charge in [-0.1, -0.05) is 23.7 Å². The smallest absolute Gasteiger partial charge is 0.387 e. The average molecular weight is 524 g/mol. The highest BCUT2D eigenvalue weighted by atomic mass is 35.5. The van der Waals surface area contributed by atoms with Crippen LogP contribution in [0.2, 0.25) is 5.02 Å². The highest BCUT2D eigenvalue weighted by molar-refractivity contribution is 6.31. The molecule has 0 aromatic heterocycles. The Morgan fingerprint density at radius 3 is 2.64 bits per heavy atom. The van der Waals surface area contributed by atoms with Gasteiger partial charge in [-0.3, -0.25) is 4.79 Å². The number of piperidine rings is 1. The number of likely N-dealkylation sites (tertiary alicyclic amines) is 1. The maximum absolute atomic E-state index is 12.7. The van der Waals surface area contributed by atoms with Gasteiger partial charge in [0.25, 0.3) is 0 Å². The van der Waals surface area contributed by atoms with Crippen LogP contribution in [0.1, 0.15) is 51.2 Å². The third kappa shape index (κ3) is 6.40. The Labute approximate surface area is 215 Å². The van der Waals surface area contributed by atoms with Gasteiger partial charge in [0.1, 0.15) is 29.5 Å². The molecule has 1 saturated heterocycles. The molecule has 2 aromatic rings. The molecular weight excluding hydrogens is 492 g/mol. The van der Waals surface area contributed by atoms with Crippen LogP contribution in [0.15, 0.2) is 36.4 Å². The summed E-state index contributed by atoms with van der Waals surface area (Å²) >= 11 is 6.19. The molecule has 0 amide bonds. The second-order valence-corrected chi connectivity index (χ2v) is 10.7. The van der Waals surface area contributed by atoms with Crippen LogP contribution in [0, 0.1) is 0 Å². The van der Waals surface area contributed by atoms with Crippen molar-refractivity contribution >= 4 is 17.6 Å². The summed E-state index contributed by atoms with van der Waals surface area (Å²) in [6, 6.07) is 10.3. The Hall–Kier alpha value is -2.58. The predicted molar refractivity (Wildman–Crippen MR) is 132 cm³/mol. The molecule has 0 bridgehead atoms. The van der Waals surface area contributed by atoms with E-state index in [1.54, 1.807) is 12.1 Å². The number of hydrogen-bond donors (Lipinski definition) is 0. The minimum atomic E-state index is -2.95. The number of fused-ring (bicyclic) bond motifs is 2. The van der Waals surface area contributed by atoms with Crippen molar-refractivity contribution in [1.29, 1.82) is 0 Å². The molecule has 2 aromatic carbocycles. The normalized spacial score (nSPS) is 17.1. The first-order chi connectivity index (χ1) is 17.0. The molecule has 0 saturated carbocycles. The zero-order valence-electron chi connectivity index (χ0n) is 20.8. The monoisotopic (exact) mass is 523 g/mol. The Kier molecular flexibility index (Phi) is 7.95. The topological polar surface area (TPSA) is 57.2 Å². The molecule has 1 spiro atoms. The Bertz CT molecular complexity index is 1080.